The molecule has 0 amide bonds. The van der Waals surface area contributed by atoms with E-state index in [1.807, 2.05) is 30.3 Å². The fourth-order valence-electron chi connectivity index (χ4n) is 1.23. The van der Waals surface area contributed by atoms with E-state index in [2.05, 4.69) is 31.2 Å². The summed E-state index contributed by atoms with van der Waals surface area (Å²) in [5.41, 5.74) is 1.18. The maximum absolute atomic E-state index is 5.84. The molecule has 1 aromatic heterocycles. The molecule has 0 fully saturated rings. The molecule has 0 atom stereocenters. The average molecular weight is 299 g/mol. The molecule has 82 valence electrons. The van der Waals surface area contributed by atoms with Crippen LogP contribution in [0.15, 0.2) is 41.1 Å². The third-order valence-electron chi connectivity index (χ3n) is 2.01. The van der Waals surface area contributed by atoms with Crippen LogP contribution >= 0.6 is 27.5 Å². The van der Waals surface area contributed by atoms with Crippen LogP contribution in [0.3, 0.4) is 0 Å². The van der Waals surface area contributed by atoms with Gasteiger partial charge in [0.05, 0.1) is 6.20 Å². The lowest BCUT2D eigenvalue weighted by Crippen LogP contribution is -2.02. The molecule has 2 rings (SSSR count). The van der Waals surface area contributed by atoms with Crippen LogP contribution in [0, 0.1) is 0 Å². The van der Waals surface area contributed by atoms with Crippen LogP contribution in [0.5, 0.6) is 0 Å². The van der Waals surface area contributed by atoms with Gasteiger partial charge in [-0.05, 0) is 21.5 Å². The lowest BCUT2D eigenvalue weighted by molar-refractivity contribution is 1.08. The zero-order valence-corrected chi connectivity index (χ0v) is 10.7. The van der Waals surface area contributed by atoms with Crippen molar-refractivity contribution in [2.75, 3.05) is 5.32 Å². The van der Waals surface area contributed by atoms with Crippen molar-refractivity contribution in [1.29, 1.82) is 0 Å². The predicted octanol–water partition coefficient (Wildman–Crippen LogP) is 3.50. The van der Waals surface area contributed by atoms with Gasteiger partial charge >= 0.3 is 0 Å². The molecule has 0 unspecified atom stereocenters. The Labute approximate surface area is 107 Å². The highest BCUT2D eigenvalue weighted by atomic mass is 79.9. The summed E-state index contributed by atoms with van der Waals surface area (Å²) in [6.07, 6.45) is 1.64. The molecule has 0 aliphatic carbocycles. The normalized spacial score (nSPS) is 10.1. The summed E-state index contributed by atoms with van der Waals surface area (Å²) in [5, 5.41) is 3.51. The number of hydrogen-bond acceptors (Lipinski definition) is 3. The molecule has 1 heterocycles. The van der Waals surface area contributed by atoms with E-state index in [0.717, 1.165) is 0 Å². The number of benzene rings is 1. The molecule has 0 saturated carbocycles. The quantitative estimate of drug-likeness (QED) is 0.942. The Kier molecular flexibility index (Phi) is 3.74. The average Bonchev–Trinajstić information content (AvgIpc) is 2.32. The minimum Gasteiger partial charge on any atom is -0.365 e. The number of nitrogens with one attached hydrogen (secondary N) is 1. The van der Waals surface area contributed by atoms with Gasteiger partial charge < -0.3 is 5.32 Å². The fourth-order valence-corrected chi connectivity index (χ4v) is 1.56. The van der Waals surface area contributed by atoms with Crippen molar-refractivity contribution in [2.24, 2.45) is 0 Å². The van der Waals surface area contributed by atoms with E-state index in [4.69, 9.17) is 11.6 Å². The van der Waals surface area contributed by atoms with Crippen molar-refractivity contribution in [2.45, 2.75) is 6.54 Å². The molecule has 0 bridgehead atoms. The largest absolute Gasteiger partial charge is 0.365 e. The Bertz CT molecular complexity index is 476. The Morgan fingerprint density at radius 2 is 2.00 bits per heavy atom. The van der Waals surface area contributed by atoms with Crippen LogP contribution in [0.4, 0.5) is 5.82 Å². The number of hydrogen-bond donors (Lipinski definition) is 1. The molecule has 0 aliphatic heterocycles. The highest BCUT2D eigenvalue weighted by molar-refractivity contribution is 9.10. The molecular weight excluding hydrogens is 289 g/mol. The minimum atomic E-state index is 0.359. The molecule has 16 heavy (non-hydrogen) atoms. The van der Waals surface area contributed by atoms with Crippen LogP contribution in [-0.4, -0.2) is 9.97 Å². The molecule has 3 nitrogen and oxygen atoms in total. The first-order valence-corrected chi connectivity index (χ1v) is 5.88. The molecular formula is C11H9BrClN3. The van der Waals surface area contributed by atoms with E-state index >= 15 is 0 Å². The van der Waals surface area contributed by atoms with E-state index in [9.17, 15) is 0 Å². The first-order chi connectivity index (χ1) is 7.75. The van der Waals surface area contributed by atoms with Crippen LogP contribution in [0.25, 0.3) is 0 Å². The second-order valence-electron chi connectivity index (χ2n) is 3.18. The SMILES string of the molecule is Clc1nc(NCc2ccccc2)cnc1Br. The van der Waals surface area contributed by atoms with Gasteiger partial charge in [0.1, 0.15) is 10.4 Å². The van der Waals surface area contributed by atoms with Crippen molar-refractivity contribution in [3.05, 3.63) is 51.8 Å². The van der Waals surface area contributed by atoms with E-state index in [-0.39, 0.29) is 0 Å². The van der Waals surface area contributed by atoms with E-state index < -0.39 is 0 Å². The van der Waals surface area contributed by atoms with Crippen molar-refractivity contribution in [1.82, 2.24) is 9.97 Å². The maximum atomic E-state index is 5.84. The molecule has 2 aromatic rings. The van der Waals surface area contributed by atoms with Gasteiger partial charge in [-0.15, -0.1) is 0 Å². The standard InChI is InChI=1S/C11H9BrClN3/c12-10-11(13)16-9(7-15-10)14-6-8-4-2-1-3-5-8/h1-5,7H,6H2,(H,14,16). The first kappa shape index (κ1) is 11.4. The summed E-state index contributed by atoms with van der Waals surface area (Å²) in [4.78, 5) is 8.18. The predicted molar refractivity (Wildman–Crippen MR) is 68.5 cm³/mol. The second-order valence-corrected chi connectivity index (χ2v) is 4.29. The van der Waals surface area contributed by atoms with Gasteiger partial charge in [-0.3, -0.25) is 0 Å². The smallest absolute Gasteiger partial charge is 0.164 e. The Balaban J connectivity index is 2.03. The summed E-state index contributed by atoms with van der Waals surface area (Å²) in [7, 11) is 0. The first-order valence-electron chi connectivity index (χ1n) is 4.71. The summed E-state index contributed by atoms with van der Waals surface area (Å²) in [6, 6.07) is 10.1. The van der Waals surface area contributed by atoms with Gasteiger partial charge in [0.2, 0.25) is 0 Å². The lowest BCUT2D eigenvalue weighted by Gasteiger charge is -2.05. The third-order valence-corrected chi connectivity index (χ3v) is 3.08. The molecule has 1 aromatic carbocycles. The topological polar surface area (TPSA) is 37.8 Å². The monoisotopic (exact) mass is 297 g/mol. The molecule has 0 saturated heterocycles. The number of nitrogens with zero attached hydrogens (tertiary/aromatic N) is 2. The lowest BCUT2D eigenvalue weighted by atomic mass is 10.2. The molecule has 0 aliphatic rings. The van der Waals surface area contributed by atoms with Gasteiger partial charge in [-0.1, -0.05) is 41.9 Å². The summed E-state index contributed by atoms with van der Waals surface area (Å²) in [5.74, 6) is 0.664. The Morgan fingerprint density at radius 3 is 2.69 bits per heavy atom. The highest BCUT2D eigenvalue weighted by Crippen LogP contribution is 2.18. The zero-order chi connectivity index (χ0) is 11.4. The molecule has 0 radical (unpaired) electrons. The number of aromatic nitrogens is 2. The number of anilines is 1. The molecule has 0 spiro atoms. The van der Waals surface area contributed by atoms with Gasteiger partial charge in [0.15, 0.2) is 5.15 Å². The molecule has 5 heteroatoms. The third kappa shape index (κ3) is 2.93. The fraction of sp³-hybridized carbons (Fsp3) is 0.0909. The van der Waals surface area contributed by atoms with E-state index in [1.165, 1.54) is 5.56 Å². The maximum Gasteiger partial charge on any atom is 0.164 e. The number of rotatable bonds is 3. The van der Waals surface area contributed by atoms with Crippen molar-refractivity contribution in [3.8, 4) is 0 Å². The second kappa shape index (κ2) is 5.27. The summed E-state index contributed by atoms with van der Waals surface area (Å²) < 4.78 is 0.555. The summed E-state index contributed by atoms with van der Waals surface area (Å²) in [6.45, 7) is 0.702. The van der Waals surface area contributed by atoms with Crippen molar-refractivity contribution >= 4 is 33.3 Å². The zero-order valence-electron chi connectivity index (χ0n) is 8.32. The minimum absolute atomic E-state index is 0.359. The van der Waals surface area contributed by atoms with Gasteiger partial charge in [-0.25, -0.2) is 9.97 Å². The van der Waals surface area contributed by atoms with Crippen LogP contribution in [0.1, 0.15) is 5.56 Å². The van der Waals surface area contributed by atoms with E-state index in [1.54, 1.807) is 6.20 Å². The summed E-state index contributed by atoms with van der Waals surface area (Å²) >= 11 is 9.03. The van der Waals surface area contributed by atoms with Crippen LogP contribution in [0.2, 0.25) is 5.15 Å². The number of halogens is 2. The Morgan fingerprint density at radius 1 is 1.25 bits per heavy atom. The highest BCUT2D eigenvalue weighted by Gasteiger charge is 2.01. The van der Waals surface area contributed by atoms with E-state index in [0.29, 0.717) is 22.1 Å². The van der Waals surface area contributed by atoms with Crippen molar-refractivity contribution in [3.63, 3.8) is 0 Å². The van der Waals surface area contributed by atoms with Gasteiger partial charge in [0.25, 0.3) is 0 Å². The molecule has 1 N–H and O–H groups in total. The van der Waals surface area contributed by atoms with Crippen LogP contribution in [-0.2, 0) is 6.54 Å². The van der Waals surface area contributed by atoms with Gasteiger partial charge in [-0.2, -0.15) is 0 Å². The van der Waals surface area contributed by atoms with Crippen molar-refractivity contribution < 1.29 is 0 Å². The van der Waals surface area contributed by atoms with Crippen LogP contribution < -0.4 is 5.32 Å². The van der Waals surface area contributed by atoms with Gasteiger partial charge in [0, 0.05) is 6.54 Å². The Hall–Kier alpha value is -1.13.